The number of ketones is 1. The lowest BCUT2D eigenvalue weighted by molar-refractivity contribution is -0.118. The summed E-state index contributed by atoms with van der Waals surface area (Å²) in [5.74, 6) is 0.434. The first kappa shape index (κ1) is 22.4. The van der Waals surface area contributed by atoms with Crippen molar-refractivity contribution in [3.05, 3.63) is 87.2 Å². The Bertz CT molecular complexity index is 1350. The van der Waals surface area contributed by atoms with Crippen LogP contribution in [-0.2, 0) is 4.79 Å². The van der Waals surface area contributed by atoms with Gasteiger partial charge in [0.25, 0.3) is 5.91 Å². The SMILES string of the molecule is Cc1ccc(NC(=O)c2cnn3c2NC2=C(C(=O)CC(C)(C)C2)C3c2ccc(Cl)cc2)cc1C. The van der Waals surface area contributed by atoms with Gasteiger partial charge in [-0.05, 0) is 66.6 Å². The zero-order chi connectivity index (χ0) is 24.2. The van der Waals surface area contributed by atoms with E-state index in [0.29, 0.717) is 34.8 Å². The molecule has 5 rings (SSSR count). The van der Waals surface area contributed by atoms with E-state index in [-0.39, 0.29) is 17.1 Å². The minimum Gasteiger partial charge on any atom is -0.343 e. The molecule has 0 fully saturated rings. The highest BCUT2D eigenvalue weighted by atomic mass is 35.5. The van der Waals surface area contributed by atoms with Crippen LogP contribution in [0, 0.1) is 19.3 Å². The molecule has 1 aliphatic heterocycles. The molecule has 2 aliphatic rings. The average molecular weight is 475 g/mol. The molecule has 0 saturated heterocycles. The molecule has 1 aromatic heterocycles. The van der Waals surface area contributed by atoms with E-state index in [1.54, 1.807) is 10.9 Å². The van der Waals surface area contributed by atoms with Crippen molar-refractivity contribution in [3.63, 3.8) is 0 Å². The van der Waals surface area contributed by atoms with E-state index in [9.17, 15) is 9.59 Å². The molecule has 2 N–H and O–H groups in total. The fourth-order valence-corrected chi connectivity index (χ4v) is 4.97. The van der Waals surface area contributed by atoms with E-state index < -0.39 is 6.04 Å². The zero-order valence-electron chi connectivity index (χ0n) is 19.7. The molecule has 34 heavy (non-hydrogen) atoms. The minimum atomic E-state index is -0.421. The summed E-state index contributed by atoms with van der Waals surface area (Å²) in [7, 11) is 0. The molecule has 0 saturated carbocycles. The van der Waals surface area contributed by atoms with E-state index in [4.69, 9.17) is 11.6 Å². The molecule has 0 bridgehead atoms. The third-order valence-corrected chi connectivity index (χ3v) is 6.95. The number of fused-ring (bicyclic) bond motifs is 1. The van der Waals surface area contributed by atoms with E-state index in [2.05, 4.69) is 29.6 Å². The molecule has 174 valence electrons. The van der Waals surface area contributed by atoms with Gasteiger partial charge in [-0.2, -0.15) is 5.10 Å². The molecule has 1 aliphatic carbocycles. The molecular formula is C27H27ClN4O2. The summed E-state index contributed by atoms with van der Waals surface area (Å²) in [4.78, 5) is 26.6. The zero-order valence-corrected chi connectivity index (χ0v) is 20.5. The van der Waals surface area contributed by atoms with Crippen LogP contribution in [0.15, 0.2) is 59.9 Å². The van der Waals surface area contributed by atoms with Crippen LogP contribution in [0.3, 0.4) is 0 Å². The van der Waals surface area contributed by atoms with Gasteiger partial charge < -0.3 is 10.6 Å². The number of carbonyl (C=O) groups excluding carboxylic acids is 2. The van der Waals surface area contributed by atoms with Gasteiger partial charge >= 0.3 is 0 Å². The number of amides is 1. The predicted octanol–water partition coefficient (Wildman–Crippen LogP) is 6.06. The quantitative estimate of drug-likeness (QED) is 0.483. The Hall–Kier alpha value is -3.38. The standard InChI is InChI=1S/C27H27ClN4O2/c1-15-5-10-19(11-16(15)2)30-26(34)20-14-29-32-24(17-6-8-18(28)9-7-17)23-21(31-25(20)32)12-27(3,4)13-22(23)33/h5-11,14,24,31H,12-13H2,1-4H3,(H,30,34). The summed E-state index contributed by atoms with van der Waals surface area (Å²) < 4.78 is 1.74. The average Bonchev–Trinajstić information content (AvgIpc) is 3.18. The maximum absolute atomic E-state index is 13.3. The van der Waals surface area contributed by atoms with Gasteiger partial charge in [0, 0.05) is 28.4 Å². The predicted molar refractivity (Wildman–Crippen MR) is 134 cm³/mol. The third kappa shape index (κ3) is 3.92. The summed E-state index contributed by atoms with van der Waals surface area (Å²) in [5, 5.41) is 11.6. The van der Waals surface area contributed by atoms with Crippen molar-refractivity contribution in [2.45, 2.75) is 46.6 Å². The maximum Gasteiger partial charge on any atom is 0.261 e. The van der Waals surface area contributed by atoms with Gasteiger partial charge in [-0.3, -0.25) is 9.59 Å². The van der Waals surface area contributed by atoms with Crippen LogP contribution in [0.25, 0.3) is 0 Å². The third-order valence-electron chi connectivity index (χ3n) is 6.70. The Morgan fingerprint density at radius 1 is 1.12 bits per heavy atom. The molecule has 0 spiro atoms. The highest BCUT2D eigenvalue weighted by Crippen LogP contribution is 2.46. The van der Waals surface area contributed by atoms with Gasteiger partial charge in [-0.1, -0.05) is 43.6 Å². The van der Waals surface area contributed by atoms with Gasteiger partial charge in [0.1, 0.15) is 17.4 Å². The fourth-order valence-electron chi connectivity index (χ4n) is 4.85. The Morgan fingerprint density at radius 3 is 2.56 bits per heavy atom. The summed E-state index contributed by atoms with van der Waals surface area (Å²) >= 11 is 6.13. The molecule has 1 atom stereocenters. The first-order valence-electron chi connectivity index (χ1n) is 11.4. The van der Waals surface area contributed by atoms with E-state index in [1.165, 1.54) is 0 Å². The lowest BCUT2D eigenvalue weighted by Crippen LogP contribution is -2.36. The van der Waals surface area contributed by atoms with Gasteiger partial charge in [-0.15, -0.1) is 0 Å². The number of anilines is 2. The first-order valence-corrected chi connectivity index (χ1v) is 11.8. The van der Waals surface area contributed by atoms with Crippen LogP contribution in [0.4, 0.5) is 11.5 Å². The number of hydrogen-bond acceptors (Lipinski definition) is 4. The molecule has 3 aromatic rings. The van der Waals surface area contributed by atoms with Crippen LogP contribution in [0.2, 0.25) is 5.02 Å². The van der Waals surface area contributed by atoms with Crippen molar-refractivity contribution in [1.82, 2.24) is 9.78 Å². The summed E-state index contributed by atoms with van der Waals surface area (Å²) in [6.45, 7) is 8.23. The second kappa shape index (κ2) is 8.13. The monoisotopic (exact) mass is 474 g/mol. The van der Waals surface area contributed by atoms with Gasteiger partial charge in [0.2, 0.25) is 0 Å². The van der Waals surface area contributed by atoms with E-state index in [0.717, 1.165) is 28.1 Å². The summed E-state index contributed by atoms with van der Waals surface area (Å²) in [5.41, 5.74) is 5.72. The van der Waals surface area contributed by atoms with Crippen molar-refractivity contribution >= 4 is 34.8 Å². The smallest absolute Gasteiger partial charge is 0.261 e. The lowest BCUT2D eigenvalue weighted by atomic mass is 9.73. The molecule has 0 radical (unpaired) electrons. The normalized spacial score (nSPS) is 18.7. The van der Waals surface area contributed by atoms with Gasteiger partial charge in [0.15, 0.2) is 5.78 Å². The number of Topliss-reactive ketones (excluding diaryl/α,β-unsaturated/α-hetero) is 1. The van der Waals surface area contributed by atoms with Crippen molar-refractivity contribution in [3.8, 4) is 0 Å². The highest BCUT2D eigenvalue weighted by Gasteiger charge is 2.42. The van der Waals surface area contributed by atoms with Crippen molar-refractivity contribution < 1.29 is 9.59 Å². The molecule has 2 heterocycles. The number of allylic oxidation sites excluding steroid dienone is 2. The number of nitrogens with one attached hydrogen (secondary N) is 2. The van der Waals surface area contributed by atoms with Crippen LogP contribution in [0.1, 0.15) is 59.8 Å². The fraction of sp³-hybridized carbons (Fsp3) is 0.296. The van der Waals surface area contributed by atoms with Crippen LogP contribution < -0.4 is 10.6 Å². The second-order valence-electron chi connectivity index (χ2n) is 10.0. The Balaban J connectivity index is 1.58. The van der Waals surface area contributed by atoms with Crippen LogP contribution in [-0.4, -0.2) is 21.5 Å². The van der Waals surface area contributed by atoms with Crippen LogP contribution in [0.5, 0.6) is 0 Å². The number of nitrogens with zero attached hydrogens (tertiary/aromatic N) is 2. The maximum atomic E-state index is 13.3. The van der Waals surface area contributed by atoms with E-state index in [1.807, 2.05) is 56.3 Å². The number of aryl methyl sites for hydroxylation is 2. The number of carbonyl (C=O) groups is 2. The minimum absolute atomic E-state index is 0.0981. The molecule has 6 nitrogen and oxygen atoms in total. The first-order chi connectivity index (χ1) is 16.1. The van der Waals surface area contributed by atoms with Crippen molar-refractivity contribution in [1.29, 1.82) is 0 Å². The molecule has 1 amide bonds. The Morgan fingerprint density at radius 2 is 1.85 bits per heavy atom. The van der Waals surface area contributed by atoms with Crippen molar-refractivity contribution in [2.75, 3.05) is 10.6 Å². The van der Waals surface area contributed by atoms with E-state index >= 15 is 0 Å². The van der Waals surface area contributed by atoms with Gasteiger partial charge in [0.05, 0.1) is 6.20 Å². The molecular weight excluding hydrogens is 448 g/mol. The lowest BCUT2D eigenvalue weighted by Gasteiger charge is -2.39. The number of halogens is 1. The molecule has 2 aromatic carbocycles. The summed E-state index contributed by atoms with van der Waals surface area (Å²) in [6.07, 6.45) is 2.74. The van der Waals surface area contributed by atoms with Gasteiger partial charge in [-0.25, -0.2) is 4.68 Å². The molecule has 1 unspecified atom stereocenters. The Kier molecular flexibility index (Phi) is 5.36. The van der Waals surface area contributed by atoms with Crippen molar-refractivity contribution in [2.24, 2.45) is 5.41 Å². The Labute approximate surface area is 204 Å². The second-order valence-corrected chi connectivity index (χ2v) is 10.5. The molecule has 7 heteroatoms. The highest BCUT2D eigenvalue weighted by molar-refractivity contribution is 6.30. The largest absolute Gasteiger partial charge is 0.343 e. The number of benzene rings is 2. The number of hydrogen-bond donors (Lipinski definition) is 2. The number of rotatable bonds is 3. The van der Waals surface area contributed by atoms with Crippen LogP contribution >= 0.6 is 11.6 Å². The topological polar surface area (TPSA) is 76.0 Å². The number of aromatic nitrogens is 2. The summed E-state index contributed by atoms with van der Waals surface area (Å²) in [6, 6.07) is 12.9.